The third-order valence-electron chi connectivity index (χ3n) is 2.53. The van der Waals surface area contributed by atoms with E-state index in [9.17, 15) is 9.90 Å². The zero-order valence-corrected chi connectivity index (χ0v) is 8.44. The summed E-state index contributed by atoms with van der Waals surface area (Å²) in [4.78, 5) is 15.1. The Morgan fingerprint density at radius 3 is 3.31 bits per heavy atom. The lowest BCUT2D eigenvalue weighted by molar-refractivity contribution is -0.0458. The van der Waals surface area contributed by atoms with Crippen LogP contribution < -0.4 is 11.4 Å². The molecule has 0 bridgehead atoms. The van der Waals surface area contributed by atoms with Gasteiger partial charge in [-0.25, -0.2) is 4.79 Å². The van der Waals surface area contributed by atoms with Gasteiger partial charge in [0.05, 0.1) is 12.7 Å². The summed E-state index contributed by atoms with van der Waals surface area (Å²) in [5.74, 6) is 0.135. The van der Waals surface area contributed by atoms with E-state index in [-0.39, 0.29) is 18.8 Å². The molecule has 7 nitrogen and oxygen atoms in total. The Bertz CT molecular complexity index is 452. The topological polar surface area (TPSA) is 111 Å². The molecule has 2 rings (SSSR count). The number of aliphatic hydroxyl groups excluding tert-OH is 2. The van der Waals surface area contributed by atoms with Crippen molar-refractivity contribution in [1.29, 1.82) is 1.43 Å². The molecular weight excluding hydrogens is 214 g/mol. The van der Waals surface area contributed by atoms with E-state index >= 15 is 0 Å². The molecule has 0 unspecified atom stereocenters. The van der Waals surface area contributed by atoms with Crippen molar-refractivity contribution in [1.82, 2.24) is 9.55 Å². The van der Waals surface area contributed by atoms with Crippen LogP contribution in [0.3, 0.4) is 0 Å². The molecule has 3 atom stereocenters. The molecular formula is C9H13N3O4. The number of rotatable bonds is 3. The standard InChI is InChI=1S/C9H13N3O4/c10-7-1-2-12(9(15)11-7)8-3-5(14)6(4-13)16-8/h1-2,5-6,8,13-14H,3-4H2,(H2,10,11,15)/t5-,6+,8+/m0/s1/i13T. The van der Waals surface area contributed by atoms with E-state index in [4.69, 9.17) is 11.9 Å². The van der Waals surface area contributed by atoms with Crippen molar-refractivity contribution in [3.8, 4) is 0 Å². The number of aromatic nitrogens is 2. The van der Waals surface area contributed by atoms with Gasteiger partial charge in [-0.05, 0) is 6.07 Å². The molecule has 1 aromatic heterocycles. The maximum absolute atomic E-state index is 11.5. The van der Waals surface area contributed by atoms with E-state index in [1.54, 1.807) is 0 Å². The first-order valence-corrected chi connectivity index (χ1v) is 4.88. The first-order chi connectivity index (χ1) is 8.11. The van der Waals surface area contributed by atoms with Crippen molar-refractivity contribution in [2.45, 2.75) is 24.9 Å². The Kier molecular flexibility index (Phi) is 2.56. The van der Waals surface area contributed by atoms with Crippen LogP contribution in [-0.4, -0.2) is 40.0 Å². The van der Waals surface area contributed by atoms with Crippen LogP contribution in [-0.2, 0) is 4.74 Å². The van der Waals surface area contributed by atoms with Gasteiger partial charge in [-0.15, -0.1) is 0 Å². The second-order valence-corrected chi connectivity index (χ2v) is 3.64. The second-order valence-electron chi connectivity index (χ2n) is 3.64. The molecule has 0 spiro atoms. The average molecular weight is 229 g/mol. The van der Waals surface area contributed by atoms with Crippen LogP contribution in [0.4, 0.5) is 5.82 Å². The molecule has 1 fully saturated rings. The number of nitrogen functional groups attached to an aromatic ring is 1. The number of anilines is 1. The predicted molar refractivity (Wildman–Crippen MR) is 54.5 cm³/mol. The fourth-order valence-electron chi connectivity index (χ4n) is 1.68. The van der Waals surface area contributed by atoms with Crippen molar-refractivity contribution >= 4 is 5.82 Å². The summed E-state index contributed by atoms with van der Waals surface area (Å²) in [6.07, 6.45) is -0.270. The first kappa shape index (κ1) is 9.76. The van der Waals surface area contributed by atoms with E-state index in [0.717, 1.165) is 0 Å². The quantitative estimate of drug-likeness (QED) is 0.579. The molecule has 0 amide bonds. The van der Waals surface area contributed by atoms with Gasteiger partial charge in [-0.2, -0.15) is 4.98 Å². The van der Waals surface area contributed by atoms with Gasteiger partial charge in [0.1, 0.15) is 18.1 Å². The Labute approximate surface area is 92.6 Å². The van der Waals surface area contributed by atoms with Crippen LogP contribution in [0, 0.1) is 0 Å². The molecule has 2 heterocycles. The van der Waals surface area contributed by atoms with Crippen molar-refractivity contribution < 1.29 is 15.0 Å². The van der Waals surface area contributed by atoms with Crippen molar-refractivity contribution in [2.75, 3.05) is 12.3 Å². The normalized spacial score (nSPS) is 30.3. The van der Waals surface area contributed by atoms with Gasteiger partial charge in [0.2, 0.25) is 1.43 Å². The molecule has 88 valence electrons. The minimum Gasteiger partial charge on any atom is -0.394 e. The number of nitrogens with two attached hydrogens (primary N) is 1. The molecule has 0 aliphatic carbocycles. The van der Waals surface area contributed by atoms with E-state index < -0.39 is 24.1 Å². The monoisotopic (exact) mass is 229 g/mol. The summed E-state index contributed by atoms with van der Waals surface area (Å²) in [5.41, 5.74) is 4.84. The molecule has 16 heavy (non-hydrogen) atoms. The summed E-state index contributed by atoms with van der Waals surface area (Å²) in [7, 11) is 0. The molecule has 1 aromatic rings. The van der Waals surface area contributed by atoms with E-state index in [2.05, 4.69) is 10.1 Å². The highest BCUT2D eigenvalue weighted by Gasteiger charge is 2.34. The fourth-order valence-corrected chi connectivity index (χ4v) is 1.68. The zero-order chi connectivity index (χ0) is 12.4. The lowest BCUT2D eigenvalue weighted by Gasteiger charge is -2.13. The molecule has 7 heteroatoms. The second kappa shape index (κ2) is 4.20. The van der Waals surface area contributed by atoms with Crippen LogP contribution in [0.1, 0.15) is 12.6 Å². The lowest BCUT2D eigenvalue weighted by Crippen LogP contribution is -2.27. The highest BCUT2D eigenvalue weighted by Crippen LogP contribution is 2.27. The maximum atomic E-state index is 11.5. The lowest BCUT2D eigenvalue weighted by atomic mass is 10.2. The molecule has 1 aliphatic heterocycles. The van der Waals surface area contributed by atoms with Gasteiger partial charge in [0, 0.05) is 12.6 Å². The molecule has 0 radical (unpaired) electrons. The van der Waals surface area contributed by atoms with Crippen molar-refractivity contribution in [2.24, 2.45) is 0 Å². The number of ether oxygens (including phenoxy) is 1. The van der Waals surface area contributed by atoms with Crippen molar-refractivity contribution in [3.05, 3.63) is 22.7 Å². The summed E-state index contributed by atoms with van der Waals surface area (Å²) in [6.45, 7) is -0.0468. The third kappa shape index (κ3) is 1.92. The fraction of sp³-hybridized carbons (Fsp3) is 0.556. The molecule has 0 aromatic carbocycles. The Morgan fingerprint density at radius 1 is 1.81 bits per heavy atom. The van der Waals surface area contributed by atoms with Crippen LogP contribution in [0.25, 0.3) is 0 Å². The van der Waals surface area contributed by atoms with Crippen LogP contribution in [0.5, 0.6) is 0 Å². The number of hydrogen-bond acceptors (Lipinski definition) is 6. The summed E-state index contributed by atoms with van der Waals surface area (Å²) in [6, 6.07) is 1.48. The predicted octanol–water partition coefficient (Wildman–Crippen LogP) is -1.53. The van der Waals surface area contributed by atoms with E-state index in [1.807, 2.05) is 0 Å². The zero-order valence-electron chi connectivity index (χ0n) is 9.44. The van der Waals surface area contributed by atoms with Gasteiger partial charge in [-0.1, -0.05) is 0 Å². The summed E-state index contributed by atoms with van der Waals surface area (Å²) >= 11 is 0. The smallest absolute Gasteiger partial charge is 0.351 e. The van der Waals surface area contributed by atoms with Crippen LogP contribution in [0.15, 0.2) is 17.1 Å². The molecule has 1 aliphatic rings. The van der Waals surface area contributed by atoms with Gasteiger partial charge in [0.15, 0.2) is 0 Å². The number of aliphatic hydroxyl groups is 2. The first-order valence-electron chi connectivity index (χ1n) is 5.29. The van der Waals surface area contributed by atoms with Gasteiger partial charge in [0.25, 0.3) is 0 Å². The molecule has 4 N–H and O–H groups in total. The largest absolute Gasteiger partial charge is 0.394 e. The average Bonchev–Trinajstić information content (AvgIpc) is 2.60. The Hall–Kier alpha value is -1.44. The van der Waals surface area contributed by atoms with Crippen molar-refractivity contribution in [3.63, 3.8) is 0 Å². The number of nitrogens with zero attached hydrogens (tertiary/aromatic N) is 2. The third-order valence-corrected chi connectivity index (χ3v) is 2.53. The van der Waals surface area contributed by atoms with E-state index in [0.29, 0.717) is 0 Å². The molecule has 0 saturated carbocycles. The van der Waals surface area contributed by atoms with E-state index in [1.165, 1.54) is 16.8 Å². The summed E-state index contributed by atoms with van der Waals surface area (Å²) < 4.78 is 13.3. The summed E-state index contributed by atoms with van der Waals surface area (Å²) in [5, 5.41) is 13.8. The Morgan fingerprint density at radius 2 is 2.62 bits per heavy atom. The van der Waals surface area contributed by atoms with Crippen LogP contribution >= 0.6 is 0 Å². The van der Waals surface area contributed by atoms with Crippen LogP contribution in [0.2, 0.25) is 0 Å². The van der Waals surface area contributed by atoms with Gasteiger partial charge >= 0.3 is 5.69 Å². The number of hydrogen-bond donors (Lipinski definition) is 3. The SMILES string of the molecule is [3H]OC[C@H]1O[C@@H](n2ccc(N)nc2=O)C[C@@H]1O. The maximum Gasteiger partial charge on any atom is 0.351 e. The van der Waals surface area contributed by atoms with Gasteiger partial charge in [-0.3, -0.25) is 4.57 Å². The minimum absolute atomic E-state index is 0.0468. The minimum atomic E-state index is -0.769. The van der Waals surface area contributed by atoms with Gasteiger partial charge < -0.3 is 20.7 Å². The Balaban J connectivity index is 2.17. The highest BCUT2D eigenvalue weighted by molar-refractivity contribution is 5.23. The highest BCUT2D eigenvalue weighted by atomic mass is 16.5. The molecule has 1 saturated heterocycles.